The maximum Gasteiger partial charge on any atom is 0.0427 e. The Kier molecular flexibility index (Phi) is 5.00. The number of benzene rings is 1. The van der Waals surface area contributed by atoms with Gasteiger partial charge in [0.25, 0.3) is 0 Å². The lowest BCUT2D eigenvalue weighted by Crippen LogP contribution is -2.35. The average molecular weight is 260 g/mol. The van der Waals surface area contributed by atoms with Crippen LogP contribution in [0.15, 0.2) is 24.3 Å². The molecule has 0 bridgehead atoms. The molecule has 1 unspecified atom stereocenters. The normalized spacial score (nSPS) is 17.2. The van der Waals surface area contributed by atoms with Crippen LogP contribution in [0, 0.1) is 12.8 Å². The van der Waals surface area contributed by atoms with Gasteiger partial charge in [0.1, 0.15) is 0 Å². The fraction of sp³-hybridized carbons (Fsp3) is 0.647. The number of nitrogens with two attached hydrogens (primary N) is 1. The summed E-state index contributed by atoms with van der Waals surface area (Å²) in [5.41, 5.74) is 9.04. The van der Waals surface area contributed by atoms with E-state index in [1.54, 1.807) is 0 Å². The van der Waals surface area contributed by atoms with E-state index in [-0.39, 0.29) is 6.04 Å². The van der Waals surface area contributed by atoms with Crippen molar-refractivity contribution >= 4 is 0 Å². The molecule has 1 aliphatic rings. The third-order valence-corrected chi connectivity index (χ3v) is 4.08. The van der Waals surface area contributed by atoms with Crippen molar-refractivity contribution in [1.29, 1.82) is 0 Å². The van der Waals surface area contributed by atoms with E-state index in [1.165, 1.54) is 36.9 Å². The summed E-state index contributed by atoms with van der Waals surface area (Å²) in [6, 6.07) is 9.46. The van der Waals surface area contributed by atoms with E-state index in [0.717, 1.165) is 18.5 Å². The minimum absolute atomic E-state index is 0.147. The third kappa shape index (κ3) is 4.32. The maximum absolute atomic E-state index is 6.43. The Labute approximate surface area is 118 Å². The Hall–Kier alpha value is -0.860. The first-order valence-electron chi connectivity index (χ1n) is 7.63. The second kappa shape index (κ2) is 6.53. The summed E-state index contributed by atoms with van der Waals surface area (Å²) in [4.78, 5) is 2.61. The van der Waals surface area contributed by atoms with Gasteiger partial charge in [-0.2, -0.15) is 0 Å². The van der Waals surface area contributed by atoms with Crippen LogP contribution in [0.4, 0.5) is 0 Å². The molecule has 1 aromatic carbocycles. The van der Waals surface area contributed by atoms with E-state index < -0.39 is 0 Å². The summed E-state index contributed by atoms with van der Waals surface area (Å²) in [5, 5.41) is 0. The number of nitrogens with zero attached hydrogens (tertiary/aromatic N) is 1. The molecular formula is C17H28N2. The Balaban J connectivity index is 1.95. The molecule has 0 heterocycles. The SMILES string of the molecule is Cc1ccccc1C(N)CN(CCC(C)C)C1CC1. The van der Waals surface area contributed by atoms with E-state index in [1.807, 2.05) is 0 Å². The number of rotatable bonds is 7. The molecule has 0 spiro atoms. The van der Waals surface area contributed by atoms with E-state index in [2.05, 4.69) is 49.9 Å². The summed E-state index contributed by atoms with van der Waals surface area (Å²) < 4.78 is 0. The molecule has 0 radical (unpaired) electrons. The van der Waals surface area contributed by atoms with Gasteiger partial charge < -0.3 is 5.73 Å². The molecule has 1 fully saturated rings. The van der Waals surface area contributed by atoms with E-state index in [9.17, 15) is 0 Å². The summed E-state index contributed by atoms with van der Waals surface area (Å²) in [7, 11) is 0. The van der Waals surface area contributed by atoms with Crippen molar-refractivity contribution in [3.8, 4) is 0 Å². The molecular weight excluding hydrogens is 232 g/mol. The molecule has 0 aliphatic heterocycles. The van der Waals surface area contributed by atoms with Gasteiger partial charge in [0, 0.05) is 18.6 Å². The largest absolute Gasteiger partial charge is 0.323 e. The zero-order valence-corrected chi connectivity index (χ0v) is 12.6. The summed E-state index contributed by atoms with van der Waals surface area (Å²) >= 11 is 0. The van der Waals surface area contributed by atoms with Crippen LogP contribution in [-0.2, 0) is 0 Å². The molecule has 1 saturated carbocycles. The van der Waals surface area contributed by atoms with Gasteiger partial charge in [-0.1, -0.05) is 38.1 Å². The van der Waals surface area contributed by atoms with E-state index in [0.29, 0.717) is 0 Å². The van der Waals surface area contributed by atoms with Crippen LogP contribution in [0.1, 0.15) is 50.3 Å². The number of aryl methyl sites for hydroxylation is 1. The lowest BCUT2D eigenvalue weighted by Gasteiger charge is -2.27. The van der Waals surface area contributed by atoms with Gasteiger partial charge in [-0.25, -0.2) is 0 Å². The van der Waals surface area contributed by atoms with Crippen molar-refractivity contribution in [3.05, 3.63) is 35.4 Å². The van der Waals surface area contributed by atoms with Gasteiger partial charge in [-0.15, -0.1) is 0 Å². The number of hydrogen-bond acceptors (Lipinski definition) is 2. The van der Waals surface area contributed by atoms with Crippen molar-refractivity contribution in [2.45, 2.75) is 52.1 Å². The van der Waals surface area contributed by atoms with Gasteiger partial charge in [-0.05, 0) is 49.8 Å². The molecule has 2 N–H and O–H groups in total. The summed E-state index contributed by atoms with van der Waals surface area (Å²) in [6.45, 7) is 8.95. The zero-order valence-electron chi connectivity index (χ0n) is 12.6. The van der Waals surface area contributed by atoms with Crippen molar-refractivity contribution in [3.63, 3.8) is 0 Å². The predicted octanol–water partition coefficient (Wildman–Crippen LogP) is 3.51. The van der Waals surface area contributed by atoms with Crippen LogP contribution >= 0.6 is 0 Å². The van der Waals surface area contributed by atoms with Crippen LogP contribution in [-0.4, -0.2) is 24.0 Å². The highest BCUT2D eigenvalue weighted by molar-refractivity contribution is 5.28. The van der Waals surface area contributed by atoms with Gasteiger partial charge in [-0.3, -0.25) is 4.90 Å². The standard InChI is InChI=1S/C17H28N2/c1-13(2)10-11-19(15-8-9-15)12-17(18)16-7-5-4-6-14(16)3/h4-7,13,15,17H,8-12,18H2,1-3H3. The van der Waals surface area contributed by atoms with Crippen LogP contribution in [0.3, 0.4) is 0 Å². The monoisotopic (exact) mass is 260 g/mol. The molecule has 1 aliphatic carbocycles. The minimum Gasteiger partial charge on any atom is -0.323 e. The molecule has 0 amide bonds. The topological polar surface area (TPSA) is 29.3 Å². The predicted molar refractivity (Wildman–Crippen MR) is 82.2 cm³/mol. The summed E-state index contributed by atoms with van der Waals surface area (Å²) in [6.07, 6.45) is 3.99. The highest BCUT2D eigenvalue weighted by atomic mass is 15.2. The zero-order chi connectivity index (χ0) is 13.8. The van der Waals surface area contributed by atoms with Gasteiger partial charge >= 0.3 is 0 Å². The number of hydrogen-bond donors (Lipinski definition) is 1. The fourth-order valence-corrected chi connectivity index (χ4v) is 2.64. The van der Waals surface area contributed by atoms with Crippen LogP contribution in [0.25, 0.3) is 0 Å². The molecule has 1 atom stereocenters. The average Bonchev–Trinajstić information content (AvgIpc) is 3.18. The van der Waals surface area contributed by atoms with Crippen molar-refractivity contribution in [1.82, 2.24) is 4.90 Å². The second-order valence-electron chi connectivity index (χ2n) is 6.37. The highest BCUT2D eigenvalue weighted by Crippen LogP contribution is 2.29. The van der Waals surface area contributed by atoms with Crippen LogP contribution < -0.4 is 5.73 Å². The maximum atomic E-state index is 6.43. The van der Waals surface area contributed by atoms with E-state index >= 15 is 0 Å². The van der Waals surface area contributed by atoms with Crippen LogP contribution in [0.2, 0.25) is 0 Å². The molecule has 1 aromatic rings. The Morgan fingerprint density at radius 3 is 2.53 bits per heavy atom. The Bertz CT molecular complexity index is 396. The lowest BCUT2D eigenvalue weighted by atomic mass is 10.0. The first kappa shape index (κ1) is 14.5. The van der Waals surface area contributed by atoms with Gasteiger partial charge in [0.2, 0.25) is 0 Å². The molecule has 19 heavy (non-hydrogen) atoms. The van der Waals surface area contributed by atoms with E-state index in [4.69, 9.17) is 5.73 Å². The van der Waals surface area contributed by atoms with Crippen molar-refractivity contribution < 1.29 is 0 Å². The molecule has 0 aromatic heterocycles. The van der Waals surface area contributed by atoms with Crippen molar-refractivity contribution in [2.75, 3.05) is 13.1 Å². The fourth-order valence-electron chi connectivity index (χ4n) is 2.64. The first-order valence-corrected chi connectivity index (χ1v) is 7.63. The molecule has 2 heteroatoms. The molecule has 2 nitrogen and oxygen atoms in total. The lowest BCUT2D eigenvalue weighted by molar-refractivity contribution is 0.233. The summed E-state index contributed by atoms with van der Waals surface area (Å²) in [5.74, 6) is 0.774. The Morgan fingerprint density at radius 2 is 1.95 bits per heavy atom. The van der Waals surface area contributed by atoms with Gasteiger partial charge in [0.15, 0.2) is 0 Å². The van der Waals surface area contributed by atoms with Crippen molar-refractivity contribution in [2.24, 2.45) is 11.7 Å². The quantitative estimate of drug-likeness (QED) is 0.813. The molecule has 2 rings (SSSR count). The molecule has 0 saturated heterocycles. The van der Waals surface area contributed by atoms with Gasteiger partial charge in [0.05, 0.1) is 0 Å². The third-order valence-electron chi connectivity index (χ3n) is 4.08. The minimum atomic E-state index is 0.147. The first-order chi connectivity index (χ1) is 9.08. The second-order valence-corrected chi connectivity index (χ2v) is 6.37. The smallest absolute Gasteiger partial charge is 0.0427 e. The highest BCUT2D eigenvalue weighted by Gasteiger charge is 2.30. The Morgan fingerprint density at radius 1 is 1.26 bits per heavy atom. The van der Waals surface area contributed by atoms with Crippen LogP contribution in [0.5, 0.6) is 0 Å². The molecule has 106 valence electrons.